The van der Waals surface area contributed by atoms with Crippen LogP contribution in [0.25, 0.3) is 16.8 Å². The molecular weight excluding hydrogens is 270 g/mol. The highest BCUT2D eigenvalue weighted by atomic mass is 16.5. The number of aromatic nitrogens is 6. The van der Waals surface area contributed by atoms with Gasteiger partial charge in [-0.25, -0.2) is 9.97 Å². The molecule has 4 heterocycles. The van der Waals surface area contributed by atoms with Gasteiger partial charge in [-0.05, 0) is 13.0 Å². The summed E-state index contributed by atoms with van der Waals surface area (Å²) in [5, 5.41) is 12.2. The second kappa shape index (κ2) is 5.05. The lowest BCUT2D eigenvalue weighted by Gasteiger charge is -2.17. The number of fused-ring (bicyclic) bond motifs is 3. The number of nitrogens with zero attached hydrogens (tertiary/aromatic N) is 5. The smallest absolute Gasteiger partial charge is 0.189 e. The summed E-state index contributed by atoms with van der Waals surface area (Å²) in [4.78, 5) is 11.6. The lowest BCUT2D eigenvalue weighted by atomic mass is 10.0. The van der Waals surface area contributed by atoms with E-state index in [0.717, 1.165) is 30.0 Å². The fourth-order valence-corrected chi connectivity index (χ4v) is 2.84. The van der Waals surface area contributed by atoms with E-state index in [2.05, 4.69) is 37.4 Å². The van der Waals surface area contributed by atoms with Gasteiger partial charge in [-0.2, -0.15) is 0 Å². The second-order valence-electron chi connectivity index (χ2n) is 5.30. The number of rotatable bonds is 4. The predicted octanol–water partition coefficient (Wildman–Crippen LogP) is 0.483. The third-order valence-electron chi connectivity index (χ3n) is 3.93. The predicted molar refractivity (Wildman–Crippen MR) is 76.1 cm³/mol. The highest BCUT2D eigenvalue weighted by Crippen LogP contribution is 2.26. The minimum absolute atomic E-state index is 0.189. The highest BCUT2D eigenvalue weighted by molar-refractivity contribution is 5.84. The van der Waals surface area contributed by atoms with Gasteiger partial charge < -0.3 is 15.0 Å². The first-order valence-electron chi connectivity index (χ1n) is 7.22. The van der Waals surface area contributed by atoms with Crippen LogP contribution in [0.15, 0.2) is 12.7 Å². The molecule has 0 amide bonds. The number of hydrogen-bond donors (Lipinski definition) is 2. The van der Waals surface area contributed by atoms with Crippen molar-refractivity contribution in [3.05, 3.63) is 18.5 Å². The molecule has 0 spiro atoms. The third-order valence-corrected chi connectivity index (χ3v) is 3.93. The molecule has 1 aliphatic heterocycles. The van der Waals surface area contributed by atoms with E-state index in [1.165, 1.54) is 0 Å². The van der Waals surface area contributed by atoms with E-state index in [-0.39, 0.29) is 12.0 Å². The summed E-state index contributed by atoms with van der Waals surface area (Å²) in [6.07, 6.45) is 4.46. The van der Waals surface area contributed by atoms with Crippen molar-refractivity contribution in [3.8, 4) is 0 Å². The molecule has 4 rings (SSSR count). The fraction of sp³-hybridized carbons (Fsp3) is 0.538. The molecule has 21 heavy (non-hydrogen) atoms. The van der Waals surface area contributed by atoms with Gasteiger partial charge in [0.1, 0.15) is 17.7 Å². The first-order chi connectivity index (χ1) is 10.4. The Morgan fingerprint density at radius 2 is 2.33 bits per heavy atom. The molecule has 0 radical (unpaired) electrons. The van der Waals surface area contributed by atoms with Gasteiger partial charge in [-0.1, -0.05) is 6.92 Å². The monoisotopic (exact) mass is 287 g/mol. The van der Waals surface area contributed by atoms with Crippen LogP contribution in [0, 0.1) is 0 Å². The molecule has 0 saturated carbocycles. The Labute approximate surface area is 120 Å². The third kappa shape index (κ3) is 1.98. The molecule has 8 heteroatoms. The van der Waals surface area contributed by atoms with Gasteiger partial charge >= 0.3 is 0 Å². The topological polar surface area (TPSA) is 93.0 Å². The number of ether oxygens (including phenoxy) is 1. The lowest BCUT2D eigenvalue weighted by molar-refractivity contribution is 0.187. The SMILES string of the molecule is CCCNC1COCC1c1nnc2c3[nH]cnc3ncn12. The average molecular weight is 287 g/mol. The zero-order valence-corrected chi connectivity index (χ0v) is 11.8. The van der Waals surface area contributed by atoms with Crippen LogP contribution in [-0.4, -0.2) is 55.4 Å². The highest BCUT2D eigenvalue weighted by Gasteiger charge is 2.33. The molecule has 2 unspecified atom stereocenters. The van der Waals surface area contributed by atoms with Crippen molar-refractivity contribution in [3.63, 3.8) is 0 Å². The fourth-order valence-electron chi connectivity index (χ4n) is 2.84. The van der Waals surface area contributed by atoms with Gasteiger partial charge in [-0.15, -0.1) is 10.2 Å². The molecule has 2 atom stereocenters. The average Bonchev–Trinajstić information content (AvgIpc) is 3.21. The summed E-state index contributed by atoms with van der Waals surface area (Å²) < 4.78 is 7.56. The van der Waals surface area contributed by atoms with Crippen molar-refractivity contribution in [2.24, 2.45) is 0 Å². The van der Waals surface area contributed by atoms with Crippen LogP contribution in [0.3, 0.4) is 0 Å². The standard InChI is InChI=1S/C13H17N7O/c1-2-3-14-9-5-21-4-8(9)12-18-19-13-10-11(16-6-15-10)17-7-20(12)13/h6-9,14H,2-5H2,1H3,(H,15,16). The summed E-state index contributed by atoms with van der Waals surface area (Å²) in [6, 6.07) is 0.273. The quantitative estimate of drug-likeness (QED) is 0.725. The largest absolute Gasteiger partial charge is 0.379 e. The number of imidazole rings is 1. The molecular formula is C13H17N7O. The molecule has 1 fully saturated rings. The van der Waals surface area contributed by atoms with Crippen LogP contribution in [0.4, 0.5) is 0 Å². The van der Waals surface area contributed by atoms with Gasteiger partial charge in [0, 0.05) is 6.04 Å². The summed E-state index contributed by atoms with van der Waals surface area (Å²) in [5.41, 5.74) is 2.23. The molecule has 1 saturated heterocycles. The van der Waals surface area contributed by atoms with Gasteiger partial charge in [0.2, 0.25) is 0 Å². The maximum absolute atomic E-state index is 5.63. The maximum atomic E-state index is 5.63. The molecule has 110 valence electrons. The number of aromatic amines is 1. The Morgan fingerprint density at radius 3 is 3.24 bits per heavy atom. The normalized spacial score (nSPS) is 22.5. The molecule has 0 bridgehead atoms. The van der Waals surface area contributed by atoms with Crippen molar-refractivity contribution < 1.29 is 4.74 Å². The van der Waals surface area contributed by atoms with Crippen LogP contribution < -0.4 is 5.32 Å². The summed E-state index contributed by atoms with van der Waals surface area (Å²) in [6.45, 7) is 4.50. The van der Waals surface area contributed by atoms with Crippen molar-refractivity contribution in [1.82, 2.24) is 34.9 Å². The van der Waals surface area contributed by atoms with Crippen molar-refractivity contribution in [1.29, 1.82) is 0 Å². The molecule has 3 aromatic heterocycles. The number of nitrogens with one attached hydrogen (secondary N) is 2. The van der Waals surface area contributed by atoms with Crippen LogP contribution in [-0.2, 0) is 4.74 Å². The Bertz CT molecular complexity index is 764. The Kier molecular flexibility index (Phi) is 3.04. The first kappa shape index (κ1) is 12.7. The molecule has 3 aromatic rings. The van der Waals surface area contributed by atoms with E-state index < -0.39 is 0 Å². The Balaban J connectivity index is 1.75. The van der Waals surface area contributed by atoms with Crippen molar-refractivity contribution in [2.45, 2.75) is 25.3 Å². The second-order valence-corrected chi connectivity index (χ2v) is 5.30. The maximum Gasteiger partial charge on any atom is 0.189 e. The van der Waals surface area contributed by atoms with E-state index in [0.29, 0.717) is 18.9 Å². The van der Waals surface area contributed by atoms with Crippen molar-refractivity contribution in [2.75, 3.05) is 19.8 Å². The number of hydrogen-bond acceptors (Lipinski definition) is 6. The Hall–Kier alpha value is -2.06. The van der Waals surface area contributed by atoms with E-state index >= 15 is 0 Å². The zero-order valence-electron chi connectivity index (χ0n) is 11.8. The lowest BCUT2D eigenvalue weighted by Crippen LogP contribution is -2.35. The molecule has 0 aromatic carbocycles. The zero-order chi connectivity index (χ0) is 14.2. The Morgan fingerprint density at radius 1 is 1.38 bits per heavy atom. The van der Waals surface area contributed by atoms with E-state index in [4.69, 9.17) is 4.74 Å². The number of H-pyrrole nitrogens is 1. The van der Waals surface area contributed by atoms with E-state index in [1.807, 2.05) is 4.40 Å². The summed E-state index contributed by atoms with van der Waals surface area (Å²) >= 11 is 0. The summed E-state index contributed by atoms with van der Waals surface area (Å²) in [5.74, 6) is 1.08. The van der Waals surface area contributed by atoms with E-state index in [9.17, 15) is 0 Å². The van der Waals surface area contributed by atoms with Crippen LogP contribution in [0.2, 0.25) is 0 Å². The van der Waals surface area contributed by atoms with Crippen LogP contribution in [0.1, 0.15) is 25.1 Å². The van der Waals surface area contributed by atoms with Gasteiger partial charge in [0.25, 0.3) is 0 Å². The summed E-state index contributed by atoms with van der Waals surface area (Å²) in [7, 11) is 0. The van der Waals surface area contributed by atoms with Crippen LogP contribution in [0.5, 0.6) is 0 Å². The van der Waals surface area contributed by atoms with Gasteiger partial charge in [-0.3, -0.25) is 4.40 Å². The van der Waals surface area contributed by atoms with Crippen LogP contribution >= 0.6 is 0 Å². The minimum Gasteiger partial charge on any atom is -0.379 e. The first-order valence-corrected chi connectivity index (χ1v) is 7.22. The van der Waals surface area contributed by atoms with Crippen molar-refractivity contribution >= 4 is 16.8 Å². The van der Waals surface area contributed by atoms with Gasteiger partial charge in [0.05, 0.1) is 25.5 Å². The molecule has 2 N–H and O–H groups in total. The minimum atomic E-state index is 0.189. The van der Waals surface area contributed by atoms with E-state index in [1.54, 1.807) is 12.7 Å². The molecule has 1 aliphatic rings. The molecule has 8 nitrogen and oxygen atoms in total. The molecule has 0 aliphatic carbocycles. The van der Waals surface area contributed by atoms with Gasteiger partial charge in [0.15, 0.2) is 11.3 Å².